The minimum atomic E-state index is 0.0720. The van der Waals surface area contributed by atoms with Crippen LogP contribution in [-0.4, -0.2) is 12.2 Å². The van der Waals surface area contributed by atoms with Crippen molar-refractivity contribution in [2.24, 2.45) is 0 Å². The van der Waals surface area contributed by atoms with E-state index < -0.39 is 0 Å². The highest BCUT2D eigenvalue weighted by Crippen LogP contribution is 2.32. The van der Waals surface area contributed by atoms with Crippen molar-refractivity contribution in [1.82, 2.24) is 0 Å². The highest BCUT2D eigenvalue weighted by Gasteiger charge is 2.09. The number of hydrogen-bond donors (Lipinski definition) is 1. The Hall–Kier alpha value is -1.54. The van der Waals surface area contributed by atoms with Gasteiger partial charge < -0.3 is 9.84 Å². The van der Waals surface area contributed by atoms with E-state index in [1.165, 1.54) is 0 Å². The predicted molar refractivity (Wildman–Crippen MR) is 65.9 cm³/mol. The molecule has 2 aromatic rings. The first-order valence-corrected chi connectivity index (χ1v) is 5.35. The summed E-state index contributed by atoms with van der Waals surface area (Å²) >= 11 is 0. The molecule has 0 aliphatic carbocycles. The standard InChI is InChI=1S/C14H16O2/c1-9-7-13-11(8-15)5-4-6-12(13)10(2)14(9)16-3/h4-7,15H,8H2,1-3H3. The third-order valence-corrected chi connectivity index (χ3v) is 3.03. The third-order valence-electron chi connectivity index (χ3n) is 3.03. The van der Waals surface area contributed by atoms with Crippen LogP contribution in [0.4, 0.5) is 0 Å². The molecular formula is C14H16O2. The van der Waals surface area contributed by atoms with Crippen molar-refractivity contribution in [3.8, 4) is 5.75 Å². The summed E-state index contributed by atoms with van der Waals surface area (Å²) in [6.45, 7) is 4.15. The van der Waals surface area contributed by atoms with E-state index in [1.807, 2.05) is 19.1 Å². The smallest absolute Gasteiger partial charge is 0.125 e. The van der Waals surface area contributed by atoms with E-state index in [2.05, 4.69) is 19.1 Å². The van der Waals surface area contributed by atoms with E-state index in [9.17, 15) is 5.11 Å². The van der Waals surface area contributed by atoms with E-state index in [0.717, 1.165) is 33.2 Å². The number of aliphatic hydroxyl groups is 1. The average Bonchev–Trinajstić information content (AvgIpc) is 2.29. The zero-order valence-electron chi connectivity index (χ0n) is 9.87. The van der Waals surface area contributed by atoms with Crippen molar-refractivity contribution in [3.63, 3.8) is 0 Å². The molecule has 1 N–H and O–H groups in total. The van der Waals surface area contributed by atoms with Crippen LogP contribution in [-0.2, 0) is 6.61 Å². The number of ether oxygens (including phenoxy) is 1. The maximum absolute atomic E-state index is 9.31. The van der Waals surface area contributed by atoms with Crippen LogP contribution in [0.25, 0.3) is 10.8 Å². The molecule has 2 rings (SSSR count). The summed E-state index contributed by atoms with van der Waals surface area (Å²) < 4.78 is 5.39. The van der Waals surface area contributed by atoms with Crippen LogP contribution in [0.5, 0.6) is 5.75 Å². The van der Waals surface area contributed by atoms with Gasteiger partial charge in [-0.05, 0) is 47.4 Å². The van der Waals surface area contributed by atoms with Crippen LogP contribution < -0.4 is 4.74 Å². The molecule has 0 saturated carbocycles. The quantitative estimate of drug-likeness (QED) is 0.836. The van der Waals surface area contributed by atoms with Crippen LogP contribution in [0.15, 0.2) is 24.3 Å². The van der Waals surface area contributed by atoms with Gasteiger partial charge in [0, 0.05) is 0 Å². The van der Waals surface area contributed by atoms with Crippen molar-refractivity contribution < 1.29 is 9.84 Å². The van der Waals surface area contributed by atoms with Crippen LogP contribution in [0.3, 0.4) is 0 Å². The molecule has 0 aliphatic heterocycles. The first-order chi connectivity index (χ1) is 7.69. The van der Waals surface area contributed by atoms with Gasteiger partial charge in [-0.2, -0.15) is 0 Å². The molecule has 84 valence electrons. The average molecular weight is 216 g/mol. The topological polar surface area (TPSA) is 29.5 Å². The van der Waals surface area contributed by atoms with Gasteiger partial charge in [-0.1, -0.05) is 18.2 Å². The Kier molecular flexibility index (Phi) is 2.84. The highest BCUT2D eigenvalue weighted by atomic mass is 16.5. The summed E-state index contributed by atoms with van der Waals surface area (Å²) in [6, 6.07) is 8.06. The van der Waals surface area contributed by atoms with Crippen molar-refractivity contribution in [1.29, 1.82) is 0 Å². The minimum absolute atomic E-state index is 0.0720. The fraction of sp³-hybridized carbons (Fsp3) is 0.286. The Balaban J connectivity index is 2.86. The number of aliphatic hydroxyl groups excluding tert-OH is 1. The van der Waals surface area contributed by atoms with E-state index in [4.69, 9.17) is 4.74 Å². The Morgan fingerprint density at radius 3 is 2.56 bits per heavy atom. The van der Waals surface area contributed by atoms with Gasteiger partial charge in [0.1, 0.15) is 5.75 Å². The summed E-state index contributed by atoms with van der Waals surface area (Å²) in [5.74, 6) is 0.933. The van der Waals surface area contributed by atoms with Gasteiger partial charge in [0.25, 0.3) is 0 Å². The molecule has 2 heteroatoms. The number of rotatable bonds is 2. The van der Waals surface area contributed by atoms with Gasteiger partial charge in [-0.25, -0.2) is 0 Å². The normalized spacial score (nSPS) is 10.8. The predicted octanol–water partition coefficient (Wildman–Crippen LogP) is 2.96. The molecule has 0 heterocycles. The molecule has 16 heavy (non-hydrogen) atoms. The Morgan fingerprint density at radius 1 is 1.19 bits per heavy atom. The zero-order chi connectivity index (χ0) is 11.7. The fourth-order valence-electron chi connectivity index (χ4n) is 2.26. The van der Waals surface area contributed by atoms with Gasteiger partial charge in [-0.15, -0.1) is 0 Å². The van der Waals surface area contributed by atoms with Crippen LogP contribution in [0.2, 0.25) is 0 Å². The number of hydrogen-bond acceptors (Lipinski definition) is 2. The number of aryl methyl sites for hydroxylation is 2. The lowest BCUT2D eigenvalue weighted by molar-refractivity contribution is 0.283. The Labute approximate surface area is 95.5 Å². The number of methoxy groups -OCH3 is 1. The van der Waals surface area contributed by atoms with Crippen molar-refractivity contribution >= 4 is 10.8 Å². The minimum Gasteiger partial charge on any atom is -0.496 e. The lowest BCUT2D eigenvalue weighted by Crippen LogP contribution is -1.94. The largest absolute Gasteiger partial charge is 0.496 e. The first kappa shape index (κ1) is 11.0. The summed E-state index contributed by atoms with van der Waals surface area (Å²) in [4.78, 5) is 0. The SMILES string of the molecule is COc1c(C)cc2c(CO)cccc2c1C. The van der Waals surface area contributed by atoms with Crippen molar-refractivity contribution in [2.75, 3.05) is 7.11 Å². The summed E-state index contributed by atoms with van der Waals surface area (Å²) in [5.41, 5.74) is 3.20. The second kappa shape index (κ2) is 4.14. The molecule has 2 aromatic carbocycles. The number of fused-ring (bicyclic) bond motifs is 1. The van der Waals surface area contributed by atoms with E-state index in [0.29, 0.717) is 0 Å². The van der Waals surface area contributed by atoms with E-state index in [-0.39, 0.29) is 6.61 Å². The zero-order valence-corrected chi connectivity index (χ0v) is 9.87. The van der Waals surface area contributed by atoms with Crippen LogP contribution >= 0.6 is 0 Å². The molecule has 0 aliphatic rings. The van der Waals surface area contributed by atoms with E-state index in [1.54, 1.807) is 7.11 Å². The second-order valence-electron chi connectivity index (χ2n) is 4.02. The maximum atomic E-state index is 9.31. The van der Waals surface area contributed by atoms with Crippen LogP contribution in [0.1, 0.15) is 16.7 Å². The molecule has 0 fully saturated rings. The maximum Gasteiger partial charge on any atom is 0.125 e. The molecule has 0 bridgehead atoms. The molecule has 0 radical (unpaired) electrons. The summed E-state index contributed by atoms with van der Waals surface area (Å²) in [7, 11) is 1.69. The fourth-order valence-corrected chi connectivity index (χ4v) is 2.26. The molecular weight excluding hydrogens is 200 g/mol. The van der Waals surface area contributed by atoms with Gasteiger partial charge >= 0.3 is 0 Å². The first-order valence-electron chi connectivity index (χ1n) is 5.35. The van der Waals surface area contributed by atoms with Gasteiger partial charge in [0.05, 0.1) is 13.7 Å². The molecule has 0 atom stereocenters. The van der Waals surface area contributed by atoms with Gasteiger partial charge in [0.15, 0.2) is 0 Å². The Bertz CT molecular complexity index is 530. The molecule has 2 nitrogen and oxygen atoms in total. The third kappa shape index (κ3) is 1.55. The van der Waals surface area contributed by atoms with Crippen molar-refractivity contribution in [3.05, 3.63) is 41.0 Å². The summed E-state index contributed by atoms with van der Waals surface area (Å²) in [6.07, 6.45) is 0. The molecule has 0 saturated heterocycles. The van der Waals surface area contributed by atoms with Gasteiger partial charge in [0.2, 0.25) is 0 Å². The molecule has 0 spiro atoms. The lowest BCUT2D eigenvalue weighted by atomic mass is 9.97. The molecule has 0 aromatic heterocycles. The molecule has 0 amide bonds. The summed E-state index contributed by atoms with van der Waals surface area (Å²) in [5, 5.41) is 11.6. The monoisotopic (exact) mass is 216 g/mol. The highest BCUT2D eigenvalue weighted by molar-refractivity contribution is 5.91. The Morgan fingerprint density at radius 2 is 1.94 bits per heavy atom. The van der Waals surface area contributed by atoms with E-state index >= 15 is 0 Å². The second-order valence-corrected chi connectivity index (χ2v) is 4.02. The van der Waals surface area contributed by atoms with Crippen LogP contribution in [0, 0.1) is 13.8 Å². The number of benzene rings is 2. The molecule has 0 unspecified atom stereocenters. The lowest BCUT2D eigenvalue weighted by Gasteiger charge is -2.13. The van der Waals surface area contributed by atoms with Crippen molar-refractivity contribution in [2.45, 2.75) is 20.5 Å². The van der Waals surface area contributed by atoms with Gasteiger partial charge in [-0.3, -0.25) is 0 Å².